The van der Waals surface area contributed by atoms with Crippen LogP contribution >= 0.6 is 0 Å². The van der Waals surface area contributed by atoms with Crippen LogP contribution in [-0.4, -0.2) is 23.1 Å². The monoisotopic (exact) mass is 242 g/mol. The van der Waals surface area contributed by atoms with E-state index in [0.717, 1.165) is 5.69 Å². The van der Waals surface area contributed by atoms with Crippen LogP contribution in [0.15, 0.2) is 53.8 Å². The zero-order valence-electron chi connectivity index (χ0n) is 9.99. The van der Waals surface area contributed by atoms with Crippen LogP contribution in [0.2, 0.25) is 0 Å². The highest BCUT2D eigenvalue weighted by Crippen LogP contribution is 2.24. The van der Waals surface area contributed by atoms with Crippen molar-refractivity contribution >= 4 is 17.3 Å². The van der Waals surface area contributed by atoms with Gasteiger partial charge in [-0.05, 0) is 24.3 Å². The highest BCUT2D eigenvalue weighted by atomic mass is 16.4. The lowest BCUT2D eigenvalue weighted by atomic mass is 10.2. The lowest BCUT2D eigenvalue weighted by Gasteiger charge is -2.20. The quantitative estimate of drug-likeness (QED) is 0.373. The van der Waals surface area contributed by atoms with Crippen molar-refractivity contribution in [1.82, 2.24) is 4.98 Å². The van der Waals surface area contributed by atoms with E-state index in [2.05, 4.69) is 10.1 Å². The van der Waals surface area contributed by atoms with Crippen LogP contribution in [0.5, 0.6) is 0 Å². The number of nitrogens with two attached hydrogens (primary N) is 1. The van der Waals surface area contributed by atoms with Crippen molar-refractivity contribution < 1.29 is 5.21 Å². The molecule has 3 N–H and O–H groups in total. The van der Waals surface area contributed by atoms with Gasteiger partial charge in [-0.25, -0.2) is 4.98 Å². The van der Waals surface area contributed by atoms with Gasteiger partial charge in [0.1, 0.15) is 5.82 Å². The van der Waals surface area contributed by atoms with Gasteiger partial charge in [-0.2, -0.15) is 0 Å². The van der Waals surface area contributed by atoms with Crippen molar-refractivity contribution in [3.63, 3.8) is 0 Å². The predicted octanol–water partition coefficient (Wildman–Crippen LogP) is 1.94. The first-order valence-electron chi connectivity index (χ1n) is 5.45. The van der Waals surface area contributed by atoms with Crippen molar-refractivity contribution in [2.75, 3.05) is 11.9 Å². The van der Waals surface area contributed by atoms with Gasteiger partial charge >= 0.3 is 0 Å². The number of amidine groups is 1. The Hall–Kier alpha value is -2.56. The van der Waals surface area contributed by atoms with E-state index < -0.39 is 0 Å². The number of hydrogen-bond acceptors (Lipinski definition) is 4. The number of aromatic nitrogens is 1. The normalized spacial score (nSPS) is 11.3. The molecular weight excluding hydrogens is 228 g/mol. The summed E-state index contributed by atoms with van der Waals surface area (Å²) in [6.07, 6.45) is 1.67. The van der Waals surface area contributed by atoms with E-state index in [4.69, 9.17) is 10.9 Å². The summed E-state index contributed by atoms with van der Waals surface area (Å²) in [6.45, 7) is 0. The van der Waals surface area contributed by atoms with Crippen LogP contribution in [0.25, 0.3) is 0 Å². The molecule has 0 saturated heterocycles. The van der Waals surface area contributed by atoms with Gasteiger partial charge < -0.3 is 15.8 Å². The SMILES string of the molecule is CN(c1ccccc1)c1ncccc1/C(N)=N/O. The van der Waals surface area contributed by atoms with Gasteiger partial charge in [0.15, 0.2) is 5.84 Å². The van der Waals surface area contributed by atoms with Crippen LogP contribution in [0.1, 0.15) is 5.56 Å². The fourth-order valence-corrected chi connectivity index (χ4v) is 1.69. The molecule has 18 heavy (non-hydrogen) atoms. The Balaban J connectivity index is 2.46. The second kappa shape index (κ2) is 5.18. The number of benzene rings is 1. The van der Waals surface area contributed by atoms with Crippen LogP contribution in [0.4, 0.5) is 11.5 Å². The summed E-state index contributed by atoms with van der Waals surface area (Å²) in [4.78, 5) is 6.16. The fraction of sp³-hybridized carbons (Fsp3) is 0.0769. The first kappa shape index (κ1) is 11.9. The highest BCUT2D eigenvalue weighted by Gasteiger charge is 2.13. The van der Waals surface area contributed by atoms with Gasteiger partial charge in [-0.3, -0.25) is 0 Å². The van der Waals surface area contributed by atoms with Crippen molar-refractivity contribution in [3.8, 4) is 0 Å². The molecule has 1 heterocycles. The van der Waals surface area contributed by atoms with Crippen molar-refractivity contribution in [3.05, 3.63) is 54.2 Å². The largest absolute Gasteiger partial charge is 0.409 e. The molecule has 0 aliphatic heterocycles. The summed E-state index contributed by atoms with van der Waals surface area (Å²) < 4.78 is 0. The molecule has 0 amide bonds. The van der Waals surface area contributed by atoms with Crippen LogP contribution < -0.4 is 10.6 Å². The molecular formula is C13H14N4O. The molecule has 1 aromatic carbocycles. The van der Waals surface area contributed by atoms with E-state index in [0.29, 0.717) is 11.4 Å². The second-order valence-electron chi connectivity index (χ2n) is 3.75. The van der Waals surface area contributed by atoms with Crippen molar-refractivity contribution in [2.24, 2.45) is 10.9 Å². The van der Waals surface area contributed by atoms with Crippen LogP contribution in [0, 0.1) is 0 Å². The number of rotatable bonds is 3. The highest BCUT2D eigenvalue weighted by molar-refractivity contribution is 6.01. The Labute approximate surface area is 105 Å². The first-order valence-corrected chi connectivity index (χ1v) is 5.45. The molecule has 5 nitrogen and oxygen atoms in total. The summed E-state index contributed by atoms with van der Waals surface area (Å²) in [5.74, 6) is 0.680. The average molecular weight is 242 g/mol. The molecule has 0 saturated carbocycles. The average Bonchev–Trinajstić information content (AvgIpc) is 2.46. The van der Waals surface area contributed by atoms with Crippen molar-refractivity contribution in [2.45, 2.75) is 0 Å². The third-order valence-electron chi connectivity index (χ3n) is 2.63. The molecule has 0 unspecified atom stereocenters. The molecule has 0 radical (unpaired) electrons. The molecule has 0 fully saturated rings. The number of pyridine rings is 1. The Kier molecular flexibility index (Phi) is 3.43. The number of anilines is 2. The third-order valence-corrected chi connectivity index (χ3v) is 2.63. The molecule has 2 rings (SSSR count). The van der Waals surface area contributed by atoms with Crippen LogP contribution in [-0.2, 0) is 0 Å². The van der Waals surface area contributed by atoms with E-state index in [-0.39, 0.29) is 5.84 Å². The Bertz CT molecular complexity index is 554. The molecule has 2 aromatic rings. The topological polar surface area (TPSA) is 74.7 Å². The Morgan fingerprint density at radius 3 is 2.61 bits per heavy atom. The maximum absolute atomic E-state index is 8.78. The van der Waals surface area contributed by atoms with Gasteiger partial charge in [0.2, 0.25) is 0 Å². The molecule has 0 spiro atoms. The molecule has 92 valence electrons. The van der Waals surface area contributed by atoms with Gasteiger partial charge in [0.05, 0.1) is 5.56 Å². The molecule has 0 aliphatic carbocycles. The van der Waals surface area contributed by atoms with E-state index in [1.54, 1.807) is 18.3 Å². The zero-order valence-corrected chi connectivity index (χ0v) is 9.99. The summed E-state index contributed by atoms with van der Waals surface area (Å²) in [5.41, 5.74) is 7.21. The maximum Gasteiger partial charge on any atom is 0.173 e. The zero-order chi connectivity index (χ0) is 13.0. The second-order valence-corrected chi connectivity index (χ2v) is 3.75. The maximum atomic E-state index is 8.78. The molecule has 0 bridgehead atoms. The minimum atomic E-state index is 0.0425. The van der Waals surface area contributed by atoms with Gasteiger partial charge in [-0.15, -0.1) is 0 Å². The van der Waals surface area contributed by atoms with E-state index in [1.807, 2.05) is 42.3 Å². The van der Waals surface area contributed by atoms with Gasteiger partial charge in [-0.1, -0.05) is 23.4 Å². The first-order chi connectivity index (χ1) is 8.74. The summed E-state index contributed by atoms with van der Waals surface area (Å²) >= 11 is 0. The summed E-state index contributed by atoms with van der Waals surface area (Å²) in [6, 6.07) is 13.3. The lowest BCUT2D eigenvalue weighted by molar-refractivity contribution is 0.318. The van der Waals surface area contributed by atoms with Crippen molar-refractivity contribution in [1.29, 1.82) is 0 Å². The summed E-state index contributed by atoms with van der Waals surface area (Å²) in [7, 11) is 1.88. The Morgan fingerprint density at radius 2 is 1.94 bits per heavy atom. The number of para-hydroxylation sites is 1. The molecule has 1 aromatic heterocycles. The third kappa shape index (κ3) is 2.24. The molecule has 0 aliphatic rings. The number of hydrogen-bond donors (Lipinski definition) is 2. The van der Waals surface area contributed by atoms with E-state index >= 15 is 0 Å². The van der Waals surface area contributed by atoms with Gasteiger partial charge in [0, 0.05) is 18.9 Å². The lowest BCUT2D eigenvalue weighted by Crippen LogP contribution is -2.20. The minimum Gasteiger partial charge on any atom is -0.409 e. The Morgan fingerprint density at radius 1 is 1.22 bits per heavy atom. The standard InChI is InChI=1S/C13H14N4O/c1-17(10-6-3-2-4-7-10)13-11(12(14)16-18)8-5-9-15-13/h2-9,18H,1H3,(H2,14,16). The fourth-order valence-electron chi connectivity index (χ4n) is 1.69. The smallest absolute Gasteiger partial charge is 0.173 e. The van der Waals surface area contributed by atoms with Crippen LogP contribution in [0.3, 0.4) is 0 Å². The van der Waals surface area contributed by atoms with Gasteiger partial charge in [0.25, 0.3) is 0 Å². The summed E-state index contributed by atoms with van der Waals surface area (Å²) in [5, 5.41) is 11.8. The number of oxime groups is 1. The van der Waals surface area contributed by atoms with E-state index in [1.165, 1.54) is 0 Å². The minimum absolute atomic E-state index is 0.0425. The predicted molar refractivity (Wildman–Crippen MR) is 71.3 cm³/mol. The number of nitrogens with zero attached hydrogens (tertiary/aromatic N) is 3. The molecule has 5 heteroatoms. The molecule has 0 atom stereocenters. The van der Waals surface area contributed by atoms with E-state index in [9.17, 15) is 0 Å².